The number of rotatable bonds is 4. The summed E-state index contributed by atoms with van der Waals surface area (Å²) in [6.07, 6.45) is 0.659. The summed E-state index contributed by atoms with van der Waals surface area (Å²) in [4.78, 5) is 11.3. The Kier molecular flexibility index (Phi) is 5.39. The predicted octanol–water partition coefficient (Wildman–Crippen LogP) is 2.00. The van der Waals surface area contributed by atoms with Gasteiger partial charge < -0.3 is 9.84 Å². The van der Waals surface area contributed by atoms with Crippen molar-refractivity contribution in [1.82, 2.24) is 0 Å². The van der Waals surface area contributed by atoms with E-state index in [2.05, 4.69) is 4.74 Å². The van der Waals surface area contributed by atoms with E-state index in [0.29, 0.717) is 5.57 Å². The Labute approximate surface area is 79.4 Å². The normalized spacial score (nSPS) is 12.1. The highest BCUT2D eigenvalue weighted by molar-refractivity contribution is 5.88. The first-order chi connectivity index (χ1) is 6.02. The highest BCUT2D eigenvalue weighted by Crippen LogP contribution is 2.13. The zero-order valence-corrected chi connectivity index (χ0v) is 8.76. The van der Waals surface area contributed by atoms with Crippen LogP contribution in [0.2, 0.25) is 0 Å². The van der Waals surface area contributed by atoms with Crippen LogP contribution < -0.4 is 0 Å². The van der Waals surface area contributed by atoms with E-state index in [9.17, 15) is 4.79 Å². The van der Waals surface area contributed by atoms with E-state index in [-0.39, 0.29) is 0 Å². The zero-order chi connectivity index (χ0) is 10.4. The Morgan fingerprint density at radius 2 is 1.85 bits per heavy atom. The van der Waals surface area contributed by atoms with Crippen molar-refractivity contribution >= 4 is 5.97 Å². The number of carbonyl (C=O) groups excluding carboxylic acids is 1. The molecule has 0 radical (unpaired) electrons. The number of hydrogen-bond donors (Lipinski definition) is 1. The van der Waals surface area contributed by atoms with Gasteiger partial charge in [0.25, 0.3) is 0 Å². The summed E-state index contributed by atoms with van der Waals surface area (Å²) in [7, 11) is 0. The molecule has 0 heterocycles. The van der Waals surface area contributed by atoms with Gasteiger partial charge in [0, 0.05) is 5.57 Å². The van der Waals surface area contributed by atoms with Gasteiger partial charge in [-0.05, 0) is 26.7 Å². The molecule has 0 spiro atoms. The van der Waals surface area contributed by atoms with Crippen molar-refractivity contribution in [3.8, 4) is 0 Å². The third-order valence-electron chi connectivity index (χ3n) is 1.97. The second kappa shape index (κ2) is 5.75. The quantitative estimate of drug-likeness (QED) is 0.415. The second-order valence-corrected chi connectivity index (χ2v) is 2.94. The molecule has 0 saturated carbocycles. The summed E-state index contributed by atoms with van der Waals surface area (Å²) in [6, 6.07) is 0. The van der Waals surface area contributed by atoms with Crippen LogP contribution in [0.3, 0.4) is 0 Å². The summed E-state index contributed by atoms with van der Waals surface area (Å²) in [5.74, 6) is -0.422. The number of ether oxygens (including phenoxy) is 1. The summed E-state index contributed by atoms with van der Waals surface area (Å²) in [5, 5.41) is 8.83. The van der Waals surface area contributed by atoms with E-state index in [0.717, 1.165) is 18.4 Å². The number of hydrogen-bond acceptors (Lipinski definition) is 3. The van der Waals surface area contributed by atoms with E-state index in [1.54, 1.807) is 6.92 Å². The van der Waals surface area contributed by atoms with Gasteiger partial charge in [0.2, 0.25) is 0 Å². The van der Waals surface area contributed by atoms with Gasteiger partial charge in [0.1, 0.15) is 0 Å². The van der Waals surface area contributed by atoms with Crippen LogP contribution in [0.25, 0.3) is 0 Å². The van der Waals surface area contributed by atoms with E-state index < -0.39 is 12.3 Å². The third-order valence-corrected chi connectivity index (χ3v) is 1.97. The van der Waals surface area contributed by atoms with Crippen LogP contribution in [-0.4, -0.2) is 17.4 Å². The minimum atomic E-state index is -1.03. The lowest BCUT2D eigenvalue weighted by molar-refractivity contribution is -0.159. The fourth-order valence-corrected chi connectivity index (χ4v) is 1.17. The molecule has 0 fully saturated rings. The highest BCUT2D eigenvalue weighted by atomic mass is 16.6. The van der Waals surface area contributed by atoms with Crippen molar-refractivity contribution < 1.29 is 14.6 Å². The fourth-order valence-electron chi connectivity index (χ4n) is 1.17. The molecule has 3 heteroatoms. The minimum absolute atomic E-state index is 0.422. The molecule has 0 aliphatic rings. The molecule has 1 unspecified atom stereocenters. The smallest absolute Gasteiger partial charge is 0.335 e. The average Bonchev–Trinajstić information content (AvgIpc) is 2.05. The van der Waals surface area contributed by atoms with Crippen molar-refractivity contribution in [2.24, 2.45) is 0 Å². The van der Waals surface area contributed by atoms with Gasteiger partial charge in [-0.2, -0.15) is 0 Å². The fraction of sp³-hybridized carbons (Fsp3) is 0.700. The van der Waals surface area contributed by atoms with Crippen LogP contribution in [0, 0.1) is 0 Å². The standard InChI is InChI=1S/C10H18O3/c1-5-9(6-2)7(3)10(12)13-8(4)11/h8,11H,5-6H2,1-4H3. The van der Waals surface area contributed by atoms with Gasteiger partial charge in [0.05, 0.1) is 0 Å². The van der Waals surface area contributed by atoms with Gasteiger partial charge >= 0.3 is 5.97 Å². The topological polar surface area (TPSA) is 46.5 Å². The molecular formula is C10H18O3. The van der Waals surface area contributed by atoms with Crippen molar-refractivity contribution in [2.45, 2.75) is 46.8 Å². The molecule has 13 heavy (non-hydrogen) atoms. The van der Waals surface area contributed by atoms with Crippen LogP contribution in [0.4, 0.5) is 0 Å². The van der Waals surface area contributed by atoms with Gasteiger partial charge in [-0.15, -0.1) is 0 Å². The molecule has 0 rings (SSSR count). The van der Waals surface area contributed by atoms with Crippen LogP contribution in [0.1, 0.15) is 40.5 Å². The molecule has 3 nitrogen and oxygen atoms in total. The molecular weight excluding hydrogens is 168 g/mol. The van der Waals surface area contributed by atoms with Crippen molar-refractivity contribution in [3.63, 3.8) is 0 Å². The highest BCUT2D eigenvalue weighted by Gasteiger charge is 2.11. The first-order valence-electron chi connectivity index (χ1n) is 4.60. The first-order valence-corrected chi connectivity index (χ1v) is 4.60. The second-order valence-electron chi connectivity index (χ2n) is 2.94. The lowest BCUT2D eigenvalue weighted by Crippen LogP contribution is -2.15. The number of aliphatic hydroxyl groups is 1. The van der Waals surface area contributed by atoms with Crippen LogP contribution in [0.15, 0.2) is 11.1 Å². The lowest BCUT2D eigenvalue weighted by atomic mass is 10.1. The Bertz CT molecular complexity index is 198. The maximum Gasteiger partial charge on any atom is 0.335 e. The van der Waals surface area contributed by atoms with Gasteiger partial charge in [-0.1, -0.05) is 19.4 Å². The van der Waals surface area contributed by atoms with Gasteiger partial charge in [0.15, 0.2) is 6.29 Å². The predicted molar refractivity (Wildman–Crippen MR) is 51.1 cm³/mol. The van der Waals surface area contributed by atoms with Gasteiger partial charge in [-0.25, -0.2) is 4.79 Å². The Morgan fingerprint density at radius 3 is 2.15 bits per heavy atom. The minimum Gasteiger partial charge on any atom is -0.433 e. The Hall–Kier alpha value is -0.830. The van der Waals surface area contributed by atoms with Crippen molar-refractivity contribution in [1.29, 1.82) is 0 Å². The van der Waals surface area contributed by atoms with E-state index in [1.165, 1.54) is 6.92 Å². The monoisotopic (exact) mass is 186 g/mol. The largest absolute Gasteiger partial charge is 0.433 e. The molecule has 0 amide bonds. The summed E-state index contributed by atoms with van der Waals surface area (Å²) >= 11 is 0. The van der Waals surface area contributed by atoms with Crippen LogP contribution >= 0.6 is 0 Å². The molecule has 1 N–H and O–H groups in total. The molecule has 0 aromatic carbocycles. The maximum atomic E-state index is 11.3. The zero-order valence-electron chi connectivity index (χ0n) is 8.76. The molecule has 0 saturated heterocycles. The maximum absolute atomic E-state index is 11.3. The summed E-state index contributed by atoms with van der Waals surface area (Å²) < 4.78 is 4.66. The Balaban J connectivity index is 4.46. The molecule has 0 aromatic rings. The van der Waals surface area contributed by atoms with E-state index >= 15 is 0 Å². The number of carbonyl (C=O) groups is 1. The van der Waals surface area contributed by atoms with Crippen molar-refractivity contribution in [2.75, 3.05) is 0 Å². The van der Waals surface area contributed by atoms with E-state index in [4.69, 9.17) is 5.11 Å². The number of allylic oxidation sites excluding steroid dienone is 1. The molecule has 0 aliphatic carbocycles. The number of esters is 1. The lowest BCUT2D eigenvalue weighted by Gasteiger charge is -2.10. The SMILES string of the molecule is CCC(CC)=C(C)C(=O)OC(C)O. The van der Waals surface area contributed by atoms with Crippen LogP contribution in [-0.2, 0) is 9.53 Å². The first kappa shape index (κ1) is 12.2. The summed E-state index contributed by atoms with van der Waals surface area (Å²) in [5.41, 5.74) is 1.69. The molecule has 0 bridgehead atoms. The third kappa shape index (κ3) is 4.08. The molecule has 0 aromatic heterocycles. The summed E-state index contributed by atoms with van der Waals surface area (Å²) in [6.45, 7) is 7.14. The molecule has 76 valence electrons. The van der Waals surface area contributed by atoms with Crippen LogP contribution in [0.5, 0.6) is 0 Å². The van der Waals surface area contributed by atoms with E-state index in [1.807, 2.05) is 13.8 Å². The number of aliphatic hydroxyl groups excluding tert-OH is 1. The molecule has 1 atom stereocenters. The molecule has 0 aliphatic heterocycles. The van der Waals surface area contributed by atoms with Crippen molar-refractivity contribution in [3.05, 3.63) is 11.1 Å². The average molecular weight is 186 g/mol. The Morgan fingerprint density at radius 1 is 1.38 bits per heavy atom. The van der Waals surface area contributed by atoms with Gasteiger partial charge in [-0.3, -0.25) is 0 Å².